The highest BCUT2D eigenvalue weighted by Gasteiger charge is 2.11. The molecule has 6 aromatic rings. The minimum atomic E-state index is 1.16. The first kappa shape index (κ1) is 13.9. The molecule has 26 heavy (non-hydrogen) atoms. The molecule has 0 amide bonds. The summed E-state index contributed by atoms with van der Waals surface area (Å²) in [6.45, 7) is 0. The van der Waals surface area contributed by atoms with E-state index in [2.05, 4.69) is 91.0 Å². The lowest BCUT2D eigenvalue weighted by Crippen LogP contribution is -1.86. The first-order valence-corrected chi connectivity index (χ1v) is 8.96. The van der Waals surface area contributed by atoms with Crippen molar-refractivity contribution in [1.82, 2.24) is 0 Å². The molecule has 0 atom stereocenters. The van der Waals surface area contributed by atoms with Crippen LogP contribution < -0.4 is 0 Å². The first-order valence-electron chi connectivity index (χ1n) is 8.96. The van der Waals surface area contributed by atoms with Crippen molar-refractivity contribution >= 4 is 43.1 Å². The number of hydrogen-bond acceptors (Lipinski definition) is 0. The fraction of sp³-hybridized carbons (Fsp3) is 0. The molecule has 0 nitrogen and oxygen atoms in total. The lowest BCUT2D eigenvalue weighted by atomic mass is 9.90. The Balaban J connectivity index is 1.75. The monoisotopic (exact) mass is 327 g/mol. The zero-order valence-corrected chi connectivity index (χ0v) is 14.2. The largest absolute Gasteiger partial charge is 0.0610 e. The normalized spacial score (nSPS) is 11.8. The van der Waals surface area contributed by atoms with Gasteiger partial charge >= 0.3 is 0 Å². The summed E-state index contributed by atoms with van der Waals surface area (Å²) in [6, 6.07) is 36.2. The third-order valence-electron chi connectivity index (χ3n) is 5.48. The van der Waals surface area contributed by atoms with Crippen LogP contribution in [0.15, 0.2) is 91.0 Å². The van der Waals surface area contributed by atoms with Crippen LogP contribution in [0.1, 0.15) is 0 Å². The second-order valence-electron chi connectivity index (χ2n) is 6.94. The van der Waals surface area contributed by atoms with E-state index in [1.807, 2.05) is 6.07 Å². The average Bonchev–Trinajstić information content (AvgIpc) is 2.71. The molecule has 0 aliphatic heterocycles. The second-order valence-corrected chi connectivity index (χ2v) is 6.94. The SMILES string of the molecule is [c]1cccc2c(-c3cc4ccc5cccc6ccc(c3)c4c56)cccc12. The highest BCUT2D eigenvalue weighted by molar-refractivity contribution is 6.24. The molecule has 0 bridgehead atoms. The van der Waals surface area contributed by atoms with Gasteiger partial charge in [-0.05, 0) is 72.4 Å². The van der Waals surface area contributed by atoms with E-state index < -0.39 is 0 Å². The van der Waals surface area contributed by atoms with E-state index in [4.69, 9.17) is 0 Å². The van der Waals surface area contributed by atoms with Gasteiger partial charge in [-0.1, -0.05) is 78.9 Å². The maximum atomic E-state index is 3.35. The predicted octanol–water partition coefficient (Wildman–Crippen LogP) is 7.20. The standard InChI is InChI=1S/C26H15/c1-2-9-23-17(5-1)6-4-10-24(23)22-15-20-13-11-18-7-3-8-19-12-14-21(16-22)26(20)25(18)19/h1-4,6-16H. The maximum Gasteiger partial charge on any atom is -0.00264 e. The van der Waals surface area contributed by atoms with Crippen LogP contribution in [0.3, 0.4) is 0 Å². The summed E-state index contributed by atoms with van der Waals surface area (Å²) >= 11 is 0. The van der Waals surface area contributed by atoms with Gasteiger partial charge in [0.15, 0.2) is 0 Å². The fourth-order valence-electron chi connectivity index (χ4n) is 4.31. The van der Waals surface area contributed by atoms with Gasteiger partial charge < -0.3 is 0 Å². The molecule has 0 aliphatic carbocycles. The van der Waals surface area contributed by atoms with Crippen molar-refractivity contribution in [2.45, 2.75) is 0 Å². The summed E-state index contributed by atoms with van der Waals surface area (Å²) < 4.78 is 0. The van der Waals surface area contributed by atoms with Gasteiger partial charge in [0.1, 0.15) is 0 Å². The zero-order valence-electron chi connectivity index (χ0n) is 14.2. The van der Waals surface area contributed by atoms with Gasteiger partial charge in [0, 0.05) is 0 Å². The van der Waals surface area contributed by atoms with Gasteiger partial charge in [-0.15, -0.1) is 0 Å². The summed E-state index contributed by atoms with van der Waals surface area (Å²) in [6.07, 6.45) is 0. The Bertz CT molecular complexity index is 1350. The van der Waals surface area contributed by atoms with E-state index in [1.54, 1.807) is 0 Å². The third kappa shape index (κ3) is 1.84. The molecule has 0 heterocycles. The van der Waals surface area contributed by atoms with E-state index in [-0.39, 0.29) is 0 Å². The minimum absolute atomic E-state index is 1.16. The molecule has 6 aromatic carbocycles. The molecule has 119 valence electrons. The van der Waals surface area contributed by atoms with Crippen molar-refractivity contribution < 1.29 is 0 Å². The van der Waals surface area contributed by atoms with Crippen LogP contribution in [-0.4, -0.2) is 0 Å². The van der Waals surface area contributed by atoms with Crippen LogP contribution in [0.2, 0.25) is 0 Å². The molecule has 0 spiro atoms. The summed E-state index contributed by atoms with van der Waals surface area (Å²) in [5.74, 6) is 0. The fourth-order valence-corrected chi connectivity index (χ4v) is 4.31. The highest BCUT2D eigenvalue weighted by atomic mass is 14.1. The van der Waals surface area contributed by atoms with Crippen LogP contribution in [0.25, 0.3) is 54.2 Å². The molecule has 0 N–H and O–H groups in total. The Morgan fingerprint density at radius 2 is 1.19 bits per heavy atom. The van der Waals surface area contributed by atoms with Crippen molar-refractivity contribution in [2.75, 3.05) is 0 Å². The zero-order chi connectivity index (χ0) is 17.1. The molecule has 6 rings (SSSR count). The topological polar surface area (TPSA) is 0 Å². The quantitative estimate of drug-likeness (QED) is 0.280. The Kier molecular flexibility index (Phi) is 2.70. The summed E-state index contributed by atoms with van der Waals surface area (Å²) in [4.78, 5) is 0. The Morgan fingerprint density at radius 3 is 1.96 bits per heavy atom. The van der Waals surface area contributed by atoms with Gasteiger partial charge in [0.05, 0.1) is 0 Å². The minimum Gasteiger partial charge on any atom is -0.0610 e. The molecule has 0 saturated carbocycles. The molecule has 0 aromatic heterocycles. The number of rotatable bonds is 1. The van der Waals surface area contributed by atoms with Crippen LogP contribution >= 0.6 is 0 Å². The van der Waals surface area contributed by atoms with Gasteiger partial charge in [-0.2, -0.15) is 0 Å². The summed E-state index contributed by atoms with van der Waals surface area (Å²) in [7, 11) is 0. The second kappa shape index (κ2) is 5.06. The number of fused-ring (bicyclic) bond motifs is 1. The van der Waals surface area contributed by atoms with Gasteiger partial charge in [0.2, 0.25) is 0 Å². The van der Waals surface area contributed by atoms with E-state index >= 15 is 0 Å². The van der Waals surface area contributed by atoms with E-state index in [0.29, 0.717) is 0 Å². The lowest BCUT2D eigenvalue weighted by molar-refractivity contribution is 1.69. The maximum absolute atomic E-state index is 3.35. The molecule has 0 aliphatic rings. The Labute approximate surface area is 151 Å². The molecule has 0 heteroatoms. The van der Waals surface area contributed by atoms with Crippen LogP contribution in [-0.2, 0) is 0 Å². The van der Waals surface area contributed by atoms with Crippen molar-refractivity contribution in [3.8, 4) is 11.1 Å². The van der Waals surface area contributed by atoms with Crippen LogP contribution in [0, 0.1) is 6.07 Å². The van der Waals surface area contributed by atoms with Crippen molar-refractivity contribution in [3.05, 3.63) is 97.1 Å². The molecule has 1 radical (unpaired) electrons. The molecular formula is C26H15. The van der Waals surface area contributed by atoms with Gasteiger partial charge in [-0.25, -0.2) is 0 Å². The van der Waals surface area contributed by atoms with Crippen LogP contribution in [0.4, 0.5) is 0 Å². The lowest BCUT2D eigenvalue weighted by Gasteiger charge is -2.13. The summed E-state index contributed by atoms with van der Waals surface area (Å²) in [5, 5.41) is 10.4. The predicted molar refractivity (Wildman–Crippen MR) is 112 cm³/mol. The smallest absolute Gasteiger partial charge is 0.00264 e. The van der Waals surface area contributed by atoms with E-state index in [9.17, 15) is 0 Å². The number of benzene rings is 6. The molecular weight excluding hydrogens is 312 g/mol. The highest BCUT2D eigenvalue weighted by Crippen LogP contribution is 2.38. The number of hydrogen-bond donors (Lipinski definition) is 0. The summed E-state index contributed by atoms with van der Waals surface area (Å²) in [5.41, 5.74) is 2.53. The van der Waals surface area contributed by atoms with E-state index in [0.717, 1.165) is 5.39 Å². The van der Waals surface area contributed by atoms with Crippen molar-refractivity contribution in [1.29, 1.82) is 0 Å². The molecule has 0 saturated heterocycles. The third-order valence-corrected chi connectivity index (χ3v) is 5.48. The molecule has 0 unspecified atom stereocenters. The van der Waals surface area contributed by atoms with Crippen molar-refractivity contribution in [2.24, 2.45) is 0 Å². The van der Waals surface area contributed by atoms with Gasteiger partial charge in [-0.3, -0.25) is 0 Å². The Morgan fingerprint density at radius 1 is 0.538 bits per heavy atom. The molecule has 0 fully saturated rings. The van der Waals surface area contributed by atoms with Gasteiger partial charge in [0.25, 0.3) is 0 Å². The van der Waals surface area contributed by atoms with Crippen molar-refractivity contribution in [3.63, 3.8) is 0 Å². The first-order chi connectivity index (χ1) is 12.9. The van der Waals surface area contributed by atoms with E-state index in [1.165, 1.54) is 48.8 Å². The average molecular weight is 327 g/mol. The Hall–Kier alpha value is -3.38. The van der Waals surface area contributed by atoms with Crippen LogP contribution in [0.5, 0.6) is 0 Å².